The molecule has 29 heavy (non-hydrogen) atoms. The van der Waals surface area contributed by atoms with Crippen molar-refractivity contribution in [2.24, 2.45) is 0 Å². The Hall–Kier alpha value is -2.26. The molecule has 0 radical (unpaired) electrons. The van der Waals surface area contributed by atoms with E-state index in [2.05, 4.69) is 4.98 Å². The summed E-state index contributed by atoms with van der Waals surface area (Å²) in [6, 6.07) is 6.39. The van der Waals surface area contributed by atoms with Gasteiger partial charge in [0.1, 0.15) is 11.9 Å². The lowest BCUT2D eigenvalue weighted by molar-refractivity contribution is -0.153. The second-order valence-corrected chi connectivity index (χ2v) is 7.48. The van der Waals surface area contributed by atoms with Gasteiger partial charge in [0.25, 0.3) is 5.56 Å². The highest BCUT2D eigenvalue weighted by Gasteiger charge is 2.47. The summed E-state index contributed by atoms with van der Waals surface area (Å²) in [6.45, 7) is 1.89. The molecule has 10 heteroatoms. The minimum atomic E-state index is -4.46. The van der Waals surface area contributed by atoms with Crippen molar-refractivity contribution in [3.63, 3.8) is 0 Å². The molecule has 1 aromatic carbocycles. The third-order valence-corrected chi connectivity index (χ3v) is 5.61. The van der Waals surface area contributed by atoms with E-state index in [0.29, 0.717) is 42.7 Å². The highest BCUT2D eigenvalue weighted by Crippen LogP contribution is 2.36. The van der Waals surface area contributed by atoms with Crippen LogP contribution in [0.1, 0.15) is 12.0 Å². The van der Waals surface area contributed by atoms with Gasteiger partial charge in [-0.15, -0.1) is 0 Å². The van der Waals surface area contributed by atoms with Crippen LogP contribution in [0.2, 0.25) is 5.02 Å². The second kappa shape index (κ2) is 7.87. The van der Waals surface area contributed by atoms with E-state index < -0.39 is 12.2 Å². The van der Waals surface area contributed by atoms with Crippen molar-refractivity contribution in [3.8, 4) is 0 Å². The van der Waals surface area contributed by atoms with Crippen molar-refractivity contribution in [1.82, 2.24) is 9.55 Å². The number of aromatic nitrogens is 2. The Morgan fingerprint density at radius 1 is 1.17 bits per heavy atom. The van der Waals surface area contributed by atoms with Crippen LogP contribution < -0.4 is 15.4 Å². The zero-order valence-electron chi connectivity index (χ0n) is 15.5. The Balaban J connectivity index is 1.79. The molecule has 3 heterocycles. The summed E-state index contributed by atoms with van der Waals surface area (Å²) in [5.41, 5.74) is 0.184. The van der Waals surface area contributed by atoms with Gasteiger partial charge < -0.3 is 14.5 Å². The normalized spacial score (nSPS) is 19.9. The van der Waals surface area contributed by atoms with Gasteiger partial charge in [-0.2, -0.15) is 18.2 Å². The van der Waals surface area contributed by atoms with Gasteiger partial charge in [0.05, 0.1) is 13.2 Å². The highest BCUT2D eigenvalue weighted by atomic mass is 35.5. The lowest BCUT2D eigenvalue weighted by atomic mass is 10.1. The molecule has 0 N–H and O–H groups in total. The number of hydrogen-bond donors (Lipinski definition) is 0. The maximum Gasteiger partial charge on any atom is 0.408 e. The molecule has 0 saturated carbocycles. The Morgan fingerprint density at radius 3 is 2.59 bits per heavy atom. The molecule has 1 atom stereocenters. The van der Waals surface area contributed by atoms with Crippen LogP contribution in [-0.2, 0) is 17.8 Å². The topological polar surface area (TPSA) is 50.6 Å². The van der Waals surface area contributed by atoms with Crippen molar-refractivity contribution in [2.45, 2.75) is 31.7 Å². The number of nitrogens with zero attached hydrogens (tertiary/aromatic N) is 4. The van der Waals surface area contributed by atoms with Crippen LogP contribution >= 0.6 is 11.6 Å². The molecule has 0 bridgehead atoms. The van der Waals surface area contributed by atoms with Crippen LogP contribution in [0, 0.1) is 0 Å². The third kappa shape index (κ3) is 4.06. The van der Waals surface area contributed by atoms with Gasteiger partial charge in [-0.3, -0.25) is 9.36 Å². The van der Waals surface area contributed by atoms with Gasteiger partial charge in [-0.05, 0) is 18.1 Å². The standard InChI is InChI=1S/C19H20ClF3N4O2/c20-14-4-2-1-3-13(14)12-27-15(19(21,22)23)5-6-26-17(28)11-16(24-18(26)27)25-7-9-29-10-8-25/h1-4,11,15H,5-10,12H2/t15-/m0/s1. The van der Waals surface area contributed by atoms with Crippen molar-refractivity contribution in [3.05, 3.63) is 51.3 Å². The first kappa shape index (κ1) is 20.0. The maximum atomic E-state index is 13.8. The molecule has 4 rings (SSSR count). The number of morpholine rings is 1. The quantitative estimate of drug-likeness (QED) is 0.752. The average Bonchev–Trinajstić information content (AvgIpc) is 2.69. The van der Waals surface area contributed by atoms with E-state index in [1.807, 2.05) is 4.90 Å². The maximum absolute atomic E-state index is 13.8. The summed E-state index contributed by atoms with van der Waals surface area (Å²) in [6.07, 6.45) is -4.68. The van der Waals surface area contributed by atoms with Crippen LogP contribution in [0.5, 0.6) is 0 Å². The average molecular weight is 429 g/mol. The van der Waals surface area contributed by atoms with Gasteiger partial charge in [0, 0.05) is 37.3 Å². The molecule has 1 fully saturated rings. The van der Waals surface area contributed by atoms with Crippen molar-refractivity contribution < 1.29 is 17.9 Å². The number of alkyl halides is 3. The summed E-state index contributed by atoms with van der Waals surface area (Å²) < 4.78 is 48.1. The SMILES string of the molecule is O=c1cc(N2CCOCC2)nc2n1CC[C@@H](C(F)(F)F)N2Cc1ccccc1Cl. The molecule has 6 nitrogen and oxygen atoms in total. The van der Waals surface area contributed by atoms with E-state index in [4.69, 9.17) is 16.3 Å². The van der Waals surface area contributed by atoms with Crippen LogP contribution in [0.15, 0.2) is 35.1 Å². The molecule has 2 aliphatic rings. The summed E-state index contributed by atoms with van der Waals surface area (Å²) in [5.74, 6) is 0.393. The first-order valence-corrected chi connectivity index (χ1v) is 9.74. The van der Waals surface area contributed by atoms with E-state index >= 15 is 0 Å². The van der Waals surface area contributed by atoms with E-state index in [1.54, 1.807) is 24.3 Å². The van der Waals surface area contributed by atoms with Crippen molar-refractivity contribution in [1.29, 1.82) is 0 Å². The molecule has 0 amide bonds. The van der Waals surface area contributed by atoms with Gasteiger partial charge >= 0.3 is 6.18 Å². The Morgan fingerprint density at radius 2 is 1.90 bits per heavy atom. The van der Waals surface area contributed by atoms with Crippen molar-refractivity contribution >= 4 is 23.4 Å². The molecule has 1 saturated heterocycles. The smallest absolute Gasteiger partial charge is 0.378 e. The fourth-order valence-electron chi connectivity index (χ4n) is 3.74. The number of rotatable bonds is 3. The third-order valence-electron chi connectivity index (χ3n) is 5.25. The number of ether oxygens (including phenoxy) is 1. The molecule has 2 aliphatic heterocycles. The summed E-state index contributed by atoms with van der Waals surface area (Å²) in [7, 11) is 0. The molecule has 0 spiro atoms. The van der Waals surface area contributed by atoms with E-state index in [1.165, 1.54) is 10.6 Å². The molecule has 156 valence electrons. The first-order valence-electron chi connectivity index (χ1n) is 9.36. The molecule has 0 aliphatic carbocycles. The first-order chi connectivity index (χ1) is 13.8. The molecule has 2 aromatic rings. The number of fused-ring (bicyclic) bond motifs is 1. The van der Waals surface area contributed by atoms with Crippen LogP contribution in [0.4, 0.5) is 24.9 Å². The molecule has 0 unspecified atom stereocenters. The lowest BCUT2D eigenvalue weighted by Gasteiger charge is -2.39. The number of benzene rings is 1. The van der Waals surface area contributed by atoms with Gasteiger partial charge in [0.2, 0.25) is 5.95 Å². The predicted octanol–water partition coefficient (Wildman–Crippen LogP) is 3.07. The monoisotopic (exact) mass is 428 g/mol. The second-order valence-electron chi connectivity index (χ2n) is 7.07. The zero-order valence-corrected chi connectivity index (χ0v) is 16.3. The van der Waals surface area contributed by atoms with Crippen LogP contribution in [0.3, 0.4) is 0 Å². The van der Waals surface area contributed by atoms with Crippen LogP contribution in [0.25, 0.3) is 0 Å². The molecule has 1 aromatic heterocycles. The predicted molar refractivity (Wildman–Crippen MR) is 104 cm³/mol. The summed E-state index contributed by atoms with van der Waals surface area (Å²) in [4.78, 5) is 20.2. The van der Waals surface area contributed by atoms with E-state index in [9.17, 15) is 18.0 Å². The molecular formula is C19H20ClF3N4O2. The van der Waals surface area contributed by atoms with Crippen molar-refractivity contribution in [2.75, 3.05) is 36.1 Å². The Labute approximate surface area is 170 Å². The minimum Gasteiger partial charge on any atom is -0.378 e. The Kier molecular flexibility index (Phi) is 5.44. The Bertz CT molecular complexity index is 944. The zero-order chi connectivity index (χ0) is 20.6. The fourth-order valence-corrected chi connectivity index (χ4v) is 3.94. The largest absolute Gasteiger partial charge is 0.408 e. The van der Waals surface area contributed by atoms with Gasteiger partial charge in [0.15, 0.2) is 0 Å². The van der Waals surface area contributed by atoms with Gasteiger partial charge in [-0.1, -0.05) is 29.8 Å². The number of anilines is 2. The summed E-state index contributed by atoms with van der Waals surface area (Å²) >= 11 is 6.20. The van der Waals surface area contributed by atoms with Crippen LogP contribution in [-0.4, -0.2) is 48.1 Å². The van der Waals surface area contributed by atoms with Gasteiger partial charge in [-0.25, -0.2) is 0 Å². The highest BCUT2D eigenvalue weighted by molar-refractivity contribution is 6.31. The minimum absolute atomic E-state index is 0.0208. The lowest BCUT2D eigenvalue weighted by Crippen LogP contribution is -2.52. The summed E-state index contributed by atoms with van der Waals surface area (Å²) in [5, 5.41) is 0.372. The van der Waals surface area contributed by atoms with E-state index in [0.717, 1.165) is 4.90 Å². The fraction of sp³-hybridized carbons (Fsp3) is 0.474. The molecular weight excluding hydrogens is 409 g/mol. The number of hydrogen-bond acceptors (Lipinski definition) is 5. The number of halogens is 4. The van der Waals surface area contributed by atoms with E-state index in [-0.39, 0.29) is 31.0 Å².